The van der Waals surface area contributed by atoms with Crippen LogP contribution >= 0.6 is 0 Å². The fourth-order valence-electron chi connectivity index (χ4n) is 0.854. The number of rotatable bonds is 6. The van der Waals surface area contributed by atoms with E-state index in [4.69, 9.17) is 0 Å². The number of hydrogen-bond acceptors (Lipinski definition) is 3. The molecule has 0 saturated heterocycles. The molecule has 0 aliphatic rings. The third kappa shape index (κ3) is 3.62. The zero-order valence-electron chi connectivity index (χ0n) is 7.67. The summed E-state index contributed by atoms with van der Waals surface area (Å²) in [5.41, 5.74) is -1.77. The topological polar surface area (TPSA) is 54.4 Å². The second-order valence-electron chi connectivity index (χ2n) is 3.15. The quantitative estimate of drug-likeness (QED) is 0.370. The van der Waals surface area contributed by atoms with E-state index in [-0.39, 0.29) is 5.78 Å². The first-order valence-corrected chi connectivity index (χ1v) is 4.26. The van der Waals surface area contributed by atoms with Gasteiger partial charge < -0.3 is 5.11 Å². The molecule has 12 heavy (non-hydrogen) atoms. The van der Waals surface area contributed by atoms with Crippen LogP contribution in [0.4, 0.5) is 0 Å². The zero-order chi connectivity index (χ0) is 9.61. The Bertz CT molecular complexity index is 161. The third-order valence-corrected chi connectivity index (χ3v) is 1.80. The smallest absolute Gasteiger partial charge is 0.175 e. The number of ketones is 1. The van der Waals surface area contributed by atoms with Gasteiger partial charge in [-0.15, -0.1) is 0 Å². The van der Waals surface area contributed by atoms with Gasteiger partial charge in [0.2, 0.25) is 0 Å². The maximum absolute atomic E-state index is 11.1. The normalized spacial score (nSPS) is 15.2. The Kier molecular flexibility index (Phi) is 4.74. The molecule has 3 heteroatoms. The highest BCUT2D eigenvalue weighted by molar-refractivity contribution is 6.00. The van der Waals surface area contributed by atoms with Crippen LogP contribution in [0.5, 0.6) is 0 Å². The number of carbonyl (C=O) groups excluding carboxylic acids is 2. The Morgan fingerprint density at radius 3 is 2.50 bits per heavy atom. The van der Waals surface area contributed by atoms with Crippen LogP contribution in [0, 0.1) is 0 Å². The van der Waals surface area contributed by atoms with E-state index in [2.05, 4.69) is 0 Å². The number of aldehydes is 1. The van der Waals surface area contributed by atoms with Gasteiger partial charge in [0.25, 0.3) is 0 Å². The lowest BCUT2D eigenvalue weighted by Gasteiger charge is -2.13. The number of Topliss-reactive ketones (excluding diaryl/α,β-unsaturated/α-hetero) is 1. The highest BCUT2D eigenvalue weighted by Gasteiger charge is 2.28. The average molecular weight is 172 g/mol. The molecule has 1 unspecified atom stereocenters. The van der Waals surface area contributed by atoms with E-state index in [1.807, 2.05) is 6.92 Å². The van der Waals surface area contributed by atoms with Gasteiger partial charge in [0, 0.05) is 6.42 Å². The molecule has 0 aromatic carbocycles. The Labute approximate surface area is 72.8 Å². The number of carbonyl (C=O) groups is 2. The summed E-state index contributed by atoms with van der Waals surface area (Å²) in [7, 11) is 0. The molecule has 0 rings (SSSR count). The summed E-state index contributed by atoms with van der Waals surface area (Å²) in [6.45, 7) is 3.26. The summed E-state index contributed by atoms with van der Waals surface area (Å²) < 4.78 is 0. The van der Waals surface area contributed by atoms with Gasteiger partial charge in [0.1, 0.15) is 0 Å². The molecule has 1 atom stereocenters. The monoisotopic (exact) mass is 172 g/mol. The van der Waals surface area contributed by atoms with E-state index in [0.29, 0.717) is 12.7 Å². The fourth-order valence-corrected chi connectivity index (χ4v) is 0.854. The highest BCUT2D eigenvalue weighted by atomic mass is 16.3. The molecule has 70 valence electrons. The first-order valence-electron chi connectivity index (χ1n) is 4.26. The predicted molar refractivity (Wildman–Crippen MR) is 45.8 cm³/mol. The van der Waals surface area contributed by atoms with Crippen molar-refractivity contribution in [3.05, 3.63) is 0 Å². The number of hydrogen-bond donors (Lipinski definition) is 1. The van der Waals surface area contributed by atoms with E-state index in [9.17, 15) is 14.7 Å². The lowest BCUT2D eigenvalue weighted by atomic mass is 9.98. The van der Waals surface area contributed by atoms with Crippen molar-refractivity contribution in [1.82, 2.24) is 0 Å². The molecule has 0 radical (unpaired) electrons. The minimum absolute atomic E-state index is 0.291. The molecule has 0 amide bonds. The Morgan fingerprint density at radius 2 is 2.08 bits per heavy atom. The number of unbranched alkanes of at least 4 members (excludes halogenated alkanes) is 2. The fraction of sp³-hybridized carbons (Fsp3) is 0.778. The van der Waals surface area contributed by atoms with Gasteiger partial charge in [-0.3, -0.25) is 9.59 Å². The Morgan fingerprint density at radius 1 is 1.50 bits per heavy atom. The molecular formula is C9H16O3. The molecule has 0 spiro atoms. The summed E-state index contributed by atoms with van der Waals surface area (Å²) in [4.78, 5) is 21.3. The molecule has 0 bridgehead atoms. The largest absolute Gasteiger partial charge is 0.375 e. The van der Waals surface area contributed by atoms with Crippen molar-refractivity contribution in [2.24, 2.45) is 0 Å². The lowest BCUT2D eigenvalue weighted by Crippen LogP contribution is -2.36. The summed E-state index contributed by atoms with van der Waals surface area (Å²) in [6, 6.07) is 0. The molecule has 0 fully saturated rings. The molecule has 0 aromatic rings. The molecule has 0 aromatic heterocycles. The summed E-state index contributed by atoms with van der Waals surface area (Å²) in [6.07, 6.45) is 3.32. The first-order chi connectivity index (χ1) is 5.54. The predicted octanol–water partition coefficient (Wildman–Crippen LogP) is 1.09. The van der Waals surface area contributed by atoms with Gasteiger partial charge in [-0.1, -0.05) is 19.8 Å². The van der Waals surface area contributed by atoms with Crippen molar-refractivity contribution < 1.29 is 14.7 Å². The second kappa shape index (κ2) is 5.04. The molecule has 3 nitrogen and oxygen atoms in total. The SMILES string of the molecule is CCCCCC(=O)C(C)(O)C=O. The van der Waals surface area contributed by atoms with Crippen LogP contribution in [0.2, 0.25) is 0 Å². The van der Waals surface area contributed by atoms with Gasteiger partial charge >= 0.3 is 0 Å². The Balaban J connectivity index is 3.79. The summed E-state index contributed by atoms with van der Waals surface area (Å²) in [5, 5.41) is 9.17. The van der Waals surface area contributed by atoms with Crippen molar-refractivity contribution in [2.75, 3.05) is 0 Å². The van der Waals surface area contributed by atoms with Crippen LogP contribution < -0.4 is 0 Å². The minimum atomic E-state index is -1.77. The van der Waals surface area contributed by atoms with E-state index < -0.39 is 5.60 Å². The van der Waals surface area contributed by atoms with Crippen molar-refractivity contribution >= 4 is 12.1 Å². The molecule has 0 aliphatic carbocycles. The van der Waals surface area contributed by atoms with Crippen molar-refractivity contribution in [3.8, 4) is 0 Å². The van der Waals surface area contributed by atoms with Gasteiger partial charge in [-0.05, 0) is 13.3 Å². The minimum Gasteiger partial charge on any atom is -0.375 e. The van der Waals surface area contributed by atoms with Crippen molar-refractivity contribution in [1.29, 1.82) is 0 Å². The van der Waals surface area contributed by atoms with Gasteiger partial charge in [-0.2, -0.15) is 0 Å². The summed E-state index contributed by atoms with van der Waals surface area (Å²) >= 11 is 0. The van der Waals surface area contributed by atoms with E-state index in [0.717, 1.165) is 19.3 Å². The van der Waals surface area contributed by atoms with Gasteiger partial charge in [-0.25, -0.2) is 0 Å². The third-order valence-electron chi connectivity index (χ3n) is 1.80. The molecule has 0 heterocycles. The van der Waals surface area contributed by atoms with E-state index in [1.165, 1.54) is 6.92 Å². The van der Waals surface area contributed by atoms with Gasteiger partial charge in [0.15, 0.2) is 17.7 Å². The maximum atomic E-state index is 11.1. The van der Waals surface area contributed by atoms with E-state index >= 15 is 0 Å². The maximum Gasteiger partial charge on any atom is 0.175 e. The molecule has 0 saturated carbocycles. The van der Waals surface area contributed by atoms with Crippen molar-refractivity contribution in [3.63, 3.8) is 0 Å². The van der Waals surface area contributed by atoms with Gasteiger partial charge in [0.05, 0.1) is 0 Å². The van der Waals surface area contributed by atoms with Crippen LogP contribution in [-0.4, -0.2) is 22.8 Å². The lowest BCUT2D eigenvalue weighted by molar-refractivity contribution is -0.142. The van der Waals surface area contributed by atoms with Crippen molar-refractivity contribution in [2.45, 2.75) is 45.1 Å². The average Bonchev–Trinajstić information content (AvgIpc) is 2.05. The van der Waals surface area contributed by atoms with Crippen LogP contribution in [0.3, 0.4) is 0 Å². The van der Waals surface area contributed by atoms with Crippen LogP contribution in [0.25, 0.3) is 0 Å². The number of aliphatic hydroxyl groups is 1. The summed E-state index contributed by atoms with van der Waals surface area (Å²) in [5.74, 6) is -0.383. The van der Waals surface area contributed by atoms with E-state index in [1.54, 1.807) is 0 Å². The molecular weight excluding hydrogens is 156 g/mol. The Hall–Kier alpha value is -0.700. The standard InChI is InChI=1S/C9H16O3/c1-3-4-5-6-8(11)9(2,12)7-10/h7,12H,3-6H2,1-2H3. The molecule has 0 aliphatic heterocycles. The van der Waals surface area contributed by atoms with Crippen LogP contribution in [0.1, 0.15) is 39.5 Å². The zero-order valence-corrected chi connectivity index (χ0v) is 7.67. The first kappa shape index (κ1) is 11.3. The highest BCUT2D eigenvalue weighted by Crippen LogP contribution is 2.08. The van der Waals surface area contributed by atoms with Crippen LogP contribution in [0.15, 0.2) is 0 Å². The molecule has 1 N–H and O–H groups in total. The van der Waals surface area contributed by atoms with Crippen LogP contribution in [-0.2, 0) is 9.59 Å². The second-order valence-corrected chi connectivity index (χ2v) is 3.15.